The molecule has 2 aromatic rings. The maximum Gasteiger partial charge on any atom is 0.427 e. The normalized spacial score (nSPS) is 20.4. The average Bonchev–Trinajstić information content (AvgIpc) is 3.20. The van der Waals surface area contributed by atoms with Crippen molar-refractivity contribution in [1.29, 1.82) is 0 Å². The third kappa shape index (κ3) is 4.53. The number of fused-ring (bicyclic) bond motifs is 1. The molecule has 0 aromatic carbocycles. The summed E-state index contributed by atoms with van der Waals surface area (Å²) in [7, 11) is 0. The van der Waals surface area contributed by atoms with Crippen LogP contribution in [0.4, 0.5) is 18.3 Å². The van der Waals surface area contributed by atoms with E-state index in [0.29, 0.717) is 4.91 Å². The summed E-state index contributed by atoms with van der Waals surface area (Å²) < 4.78 is 39.8. The number of carbonyl (C=O) groups is 3. The van der Waals surface area contributed by atoms with Crippen LogP contribution in [0.5, 0.6) is 0 Å². The summed E-state index contributed by atoms with van der Waals surface area (Å²) in [6, 6.07) is 1.38. The zero-order valence-electron chi connectivity index (χ0n) is 17.3. The summed E-state index contributed by atoms with van der Waals surface area (Å²) in [5.41, 5.74) is 3.05. The molecule has 35 heavy (non-hydrogen) atoms. The van der Waals surface area contributed by atoms with Crippen LogP contribution >= 0.6 is 23.1 Å². The molecule has 2 aromatic heterocycles. The summed E-state index contributed by atoms with van der Waals surface area (Å²) in [5.74, 6) is -3.40. The van der Waals surface area contributed by atoms with Crippen molar-refractivity contribution in [3.05, 3.63) is 45.7 Å². The minimum absolute atomic E-state index is 0.0611. The lowest BCUT2D eigenvalue weighted by Crippen LogP contribution is -2.72. The predicted molar refractivity (Wildman–Crippen MR) is 116 cm³/mol. The Morgan fingerprint density at radius 2 is 2.00 bits per heavy atom. The van der Waals surface area contributed by atoms with Crippen molar-refractivity contribution < 1.29 is 37.9 Å². The molecule has 2 amide bonds. The van der Waals surface area contributed by atoms with Gasteiger partial charge in [-0.25, -0.2) is 9.78 Å². The Bertz CT molecular complexity index is 1260. The number of amides is 2. The first-order valence-electron chi connectivity index (χ1n) is 9.77. The molecule has 1 saturated heterocycles. The number of hydrogen-bond donors (Lipinski definition) is 4. The molecule has 2 aliphatic heterocycles. The summed E-state index contributed by atoms with van der Waals surface area (Å²) in [6.45, 7) is 0. The second-order valence-electron chi connectivity index (χ2n) is 7.30. The monoisotopic (exact) mass is 528 g/mol. The minimum Gasteiger partial charge on any atom is -0.477 e. The van der Waals surface area contributed by atoms with Gasteiger partial charge < -0.3 is 21.4 Å². The van der Waals surface area contributed by atoms with E-state index in [-0.39, 0.29) is 29.9 Å². The number of aromatic nitrogens is 2. The molecule has 5 N–H and O–H groups in total. The zero-order valence-corrected chi connectivity index (χ0v) is 18.9. The number of carboxylic acids is 1. The number of nitrogens with zero attached hydrogens (tertiary/aromatic N) is 4. The highest BCUT2D eigenvalue weighted by Crippen LogP contribution is 2.43. The summed E-state index contributed by atoms with van der Waals surface area (Å²) in [5, 5.41) is 23.3. The van der Waals surface area contributed by atoms with E-state index >= 15 is 0 Å². The molecule has 4 heterocycles. The van der Waals surface area contributed by atoms with E-state index in [2.05, 4.69) is 20.4 Å². The number of nitrogens with two attached hydrogens (primary N) is 1. The van der Waals surface area contributed by atoms with Gasteiger partial charge in [-0.3, -0.25) is 19.5 Å². The molecule has 0 radical (unpaired) electrons. The van der Waals surface area contributed by atoms with Gasteiger partial charge in [0.1, 0.15) is 22.3 Å². The number of nitrogens with one attached hydrogen (secondary N) is 1. The van der Waals surface area contributed by atoms with Gasteiger partial charge in [0.2, 0.25) is 0 Å². The van der Waals surface area contributed by atoms with Crippen LogP contribution in [-0.4, -0.2) is 60.8 Å². The van der Waals surface area contributed by atoms with Gasteiger partial charge in [0, 0.05) is 22.2 Å². The highest BCUT2D eigenvalue weighted by atomic mass is 32.2. The first-order chi connectivity index (χ1) is 16.5. The molecular formula is C19H15F3N6O5S2. The third-order valence-electron chi connectivity index (χ3n) is 5.21. The first kappa shape index (κ1) is 24.5. The van der Waals surface area contributed by atoms with E-state index in [0.717, 1.165) is 9.80 Å². The van der Waals surface area contributed by atoms with Crippen LogP contribution in [0.2, 0.25) is 0 Å². The second kappa shape index (κ2) is 9.18. The number of allylic oxidation sites excluding steroid dienone is 1. The van der Waals surface area contributed by atoms with Gasteiger partial charge in [-0.15, -0.1) is 0 Å². The minimum atomic E-state index is -4.92. The Kier molecular flexibility index (Phi) is 6.42. The number of oxime groups is 1. The predicted octanol–water partition coefficient (Wildman–Crippen LogP) is 1.90. The average molecular weight is 528 g/mol. The molecule has 16 heteroatoms. The van der Waals surface area contributed by atoms with Gasteiger partial charge >= 0.3 is 12.1 Å². The SMILES string of the molecule is Nc1nc(/C(=N\O)C(=O)N[C@@H]2C(=O)N3C(C(=O)O)=C(Sc4ccncc4)CC[C@H]23)c(C(F)(F)F)s1. The maximum atomic E-state index is 13.3. The van der Waals surface area contributed by atoms with Crippen LogP contribution in [0, 0.1) is 0 Å². The fourth-order valence-electron chi connectivity index (χ4n) is 3.78. The summed E-state index contributed by atoms with van der Waals surface area (Å²) in [6.07, 6.45) is -1.29. The number of nitrogen functional groups attached to an aromatic ring is 1. The quantitative estimate of drug-likeness (QED) is 0.189. The smallest absolute Gasteiger partial charge is 0.427 e. The topological polar surface area (TPSA) is 171 Å². The van der Waals surface area contributed by atoms with E-state index in [4.69, 9.17) is 5.73 Å². The first-order valence-corrected chi connectivity index (χ1v) is 11.4. The Labute approximate surface area is 202 Å². The fraction of sp³-hybridized carbons (Fsp3) is 0.263. The molecule has 11 nitrogen and oxygen atoms in total. The number of thiazole rings is 1. The number of thioether (sulfide) groups is 1. The largest absolute Gasteiger partial charge is 0.477 e. The number of anilines is 1. The maximum absolute atomic E-state index is 13.3. The molecule has 2 aliphatic rings. The number of halogens is 3. The van der Waals surface area contributed by atoms with Crippen molar-refractivity contribution in [3.8, 4) is 0 Å². The van der Waals surface area contributed by atoms with Crippen LogP contribution < -0.4 is 11.1 Å². The summed E-state index contributed by atoms with van der Waals surface area (Å²) >= 11 is 1.23. The van der Waals surface area contributed by atoms with Crippen LogP contribution in [0.3, 0.4) is 0 Å². The van der Waals surface area contributed by atoms with Gasteiger partial charge in [-0.05, 0) is 25.0 Å². The molecule has 1 fully saturated rings. The Balaban J connectivity index is 1.55. The number of carbonyl (C=O) groups excluding carboxylic acids is 2. The zero-order chi connectivity index (χ0) is 25.5. The third-order valence-corrected chi connectivity index (χ3v) is 7.29. The second-order valence-corrected chi connectivity index (χ2v) is 9.50. The number of β-lactam (4-membered cyclic amide) rings is 1. The highest BCUT2D eigenvalue weighted by molar-refractivity contribution is 8.03. The van der Waals surface area contributed by atoms with E-state index in [1.54, 1.807) is 12.1 Å². The number of carboxylic acid groups (broad SMARTS) is 1. The van der Waals surface area contributed by atoms with Crippen LogP contribution in [0.25, 0.3) is 0 Å². The molecular weight excluding hydrogens is 513 g/mol. The number of aliphatic carboxylic acids is 1. The molecule has 2 atom stereocenters. The fourth-order valence-corrected chi connectivity index (χ4v) is 5.52. The van der Waals surface area contributed by atoms with Crippen molar-refractivity contribution in [2.45, 2.75) is 36.0 Å². The molecule has 4 rings (SSSR count). The lowest BCUT2D eigenvalue weighted by Gasteiger charge is -2.50. The van der Waals surface area contributed by atoms with E-state index in [9.17, 15) is 37.9 Å². The van der Waals surface area contributed by atoms with Crippen LogP contribution in [-0.2, 0) is 20.6 Å². The van der Waals surface area contributed by atoms with E-state index in [1.165, 1.54) is 24.2 Å². The molecule has 184 valence electrons. The van der Waals surface area contributed by atoms with E-state index < -0.39 is 57.5 Å². The van der Waals surface area contributed by atoms with Crippen molar-refractivity contribution >= 4 is 51.7 Å². The van der Waals surface area contributed by atoms with Crippen molar-refractivity contribution in [3.63, 3.8) is 0 Å². The number of rotatable bonds is 6. The summed E-state index contributed by atoms with van der Waals surface area (Å²) in [4.78, 5) is 45.6. The van der Waals surface area contributed by atoms with Crippen LogP contribution in [0.1, 0.15) is 23.4 Å². The molecule has 0 bridgehead atoms. The molecule has 0 saturated carbocycles. The number of alkyl halides is 3. The molecule has 0 spiro atoms. The van der Waals surface area contributed by atoms with Gasteiger partial charge in [0.15, 0.2) is 10.8 Å². The van der Waals surface area contributed by atoms with Crippen LogP contribution in [0.15, 0.2) is 45.2 Å². The Hall–Kier alpha value is -3.66. The van der Waals surface area contributed by atoms with E-state index in [1.807, 2.05) is 0 Å². The Morgan fingerprint density at radius 1 is 1.31 bits per heavy atom. The van der Waals surface area contributed by atoms with Gasteiger partial charge in [-0.2, -0.15) is 13.2 Å². The molecule has 0 unspecified atom stereocenters. The number of pyridine rings is 1. The highest BCUT2D eigenvalue weighted by Gasteiger charge is 2.54. The van der Waals surface area contributed by atoms with Gasteiger partial charge in [0.25, 0.3) is 11.8 Å². The van der Waals surface area contributed by atoms with Gasteiger partial charge in [-0.1, -0.05) is 28.3 Å². The Morgan fingerprint density at radius 3 is 2.60 bits per heavy atom. The lowest BCUT2D eigenvalue weighted by atomic mass is 9.86. The van der Waals surface area contributed by atoms with Crippen molar-refractivity contribution in [1.82, 2.24) is 20.2 Å². The molecule has 0 aliphatic carbocycles. The van der Waals surface area contributed by atoms with Gasteiger partial charge in [0.05, 0.1) is 6.04 Å². The van der Waals surface area contributed by atoms with Crippen molar-refractivity contribution in [2.24, 2.45) is 5.16 Å². The van der Waals surface area contributed by atoms with Crippen molar-refractivity contribution in [2.75, 3.05) is 5.73 Å². The number of hydrogen-bond acceptors (Lipinski definition) is 10. The standard InChI is InChI=1S/C19H15F3N6O5S2/c20-19(21,22)14-11(26-18(23)35-14)12(27-33)15(29)25-10-8-1-2-9(34-7-3-5-24-6-4-7)13(17(31)32)28(8)16(10)30/h3-6,8,10,33H,1-2H2,(H2,23,26)(H,25,29)(H,31,32)/b27-12+/t8-,10+/m1/s1. The lowest BCUT2D eigenvalue weighted by molar-refractivity contribution is -0.155.